The van der Waals surface area contributed by atoms with Crippen molar-refractivity contribution in [1.29, 1.82) is 0 Å². The molecule has 0 spiro atoms. The van der Waals surface area contributed by atoms with Crippen molar-refractivity contribution < 1.29 is 22.7 Å². The number of carbonyl (C=O) groups is 1. The highest BCUT2D eigenvalue weighted by molar-refractivity contribution is 7.89. The Morgan fingerprint density at radius 2 is 2.10 bits per heavy atom. The van der Waals surface area contributed by atoms with Gasteiger partial charge < -0.3 is 9.52 Å². The van der Waals surface area contributed by atoms with Crippen molar-refractivity contribution in [1.82, 2.24) is 4.31 Å². The van der Waals surface area contributed by atoms with Crippen LogP contribution in [0.5, 0.6) is 0 Å². The number of sulfonamides is 1. The predicted octanol–water partition coefficient (Wildman–Crippen LogP) is 1.84. The Bertz CT molecular complexity index is 838. The minimum absolute atomic E-state index is 0.0308. The fourth-order valence-corrected chi connectivity index (χ4v) is 3.31. The number of nitrogens with zero attached hydrogens (tertiary/aromatic N) is 2. The highest BCUT2D eigenvalue weighted by atomic mass is 32.2. The molecule has 1 aromatic heterocycles. The van der Waals surface area contributed by atoms with E-state index in [4.69, 9.17) is 9.52 Å². The van der Waals surface area contributed by atoms with E-state index in [1.165, 1.54) is 18.5 Å². The van der Waals surface area contributed by atoms with Crippen LogP contribution in [0.3, 0.4) is 0 Å². The van der Waals surface area contributed by atoms with Gasteiger partial charge in [-0.1, -0.05) is 12.1 Å². The van der Waals surface area contributed by atoms with Crippen LogP contribution < -0.4 is 0 Å². The molecule has 0 radical (unpaired) electrons. The van der Waals surface area contributed by atoms with Crippen LogP contribution in [0.4, 0.5) is 5.69 Å². The van der Waals surface area contributed by atoms with E-state index in [-0.39, 0.29) is 22.8 Å². The van der Waals surface area contributed by atoms with Crippen molar-refractivity contribution in [3.63, 3.8) is 0 Å². The third-order valence-electron chi connectivity index (χ3n) is 2.99. The molecule has 0 amide bonds. The number of para-hydroxylation sites is 1. The fourth-order valence-electron chi connectivity index (χ4n) is 1.95. The molecule has 8 heteroatoms. The zero-order valence-corrected chi connectivity index (χ0v) is 11.4. The standard InChI is InChI=1S/C13H10N2O5S/c16-13(17)9-5-10(20-7-9)6-15-8-14-11-3-1-2-4-12(11)21(15,18)19/h1-5,7-8H,6H2,(H,16,17). The van der Waals surface area contributed by atoms with Crippen molar-refractivity contribution in [2.75, 3.05) is 0 Å². The summed E-state index contributed by atoms with van der Waals surface area (Å²) in [6.45, 7) is -0.118. The summed E-state index contributed by atoms with van der Waals surface area (Å²) in [4.78, 5) is 15.0. The Morgan fingerprint density at radius 3 is 2.81 bits per heavy atom. The van der Waals surface area contributed by atoms with Gasteiger partial charge in [-0.15, -0.1) is 0 Å². The highest BCUT2D eigenvalue weighted by Crippen LogP contribution is 2.30. The number of benzene rings is 1. The van der Waals surface area contributed by atoms with E-state index < -0.39 is 16.0 Å². The topological polar surface area (TPSA) is 100 Å². The molecule has 1 aliphatic heterocycles. The molecule has 0 saturated heterocycles. The molecule has 1 aromatic carbocycles. The monoisotopic (exact) mass is 306 g/mol. The Labute approximate surface area is 120 Å². The maximum absolute atomic E-state index is 12.4. The number of carboxylic acids is 1. The molecule has 0 bridgehead atoms. The van der Waals surface area contributed by atoms with E-state index in [2.05, 4.69) is 4.99 Å². The molecule has 108 valence electrons. The third-order valence-corrected chi connectivity index (χ3v) is 4.73. The van der Waals surface area contributed by atoms with Gasteiger partial charge in [0.15, 0.2) is 0 Å². The van der Waals surface area contributed by atoms with Crippen LogP contribution in [-0.2, 0) is 16.6 Å². The molecule has 3 rings (SSSR count). The van der Waals surface area contributed by atoms with E-state index in [1.807, 2.05) is 0 Å². The summed E-state index contributed by atoms with van der Waals surface area (Å²) < 4.78 is 30.9. The highest BCUT2D eigenvalue weighted by Gasteiger charge is 2.29. The second-order valence-electron chi connectivity index (χ2n) is 4.37. The second kappa shape index (κ2) is 4.74. The third kappa shape index (κ3) is 2.29. The lowest BCUT2D eigenvalue weighted by atomic mass is 10.3. The molecule has 7 nitrogen and oxygen atoms in total. The summed E-state index contributed by atoms with van der Waals surface area (Å²) in [6.07, 6.45) is 2.26. The van der Waals surface area contributed by atoms with E-state index in [0.717, 1.165) is 10.6 Å². The molecule has 1 N–H and O–H groups in total. The van der Waals surface area contributed by atoms with Crippen LogP contribution in [0.2, 0.25) is 0 Å². The number of aromatic carboxylic acids is 1. The Hall–Kier alpha value is -2.61. The number of carboxylic acid groups (broad SMARTS) is 1. The first kappa shape index (κ1) is 13.4. The van der Waals surface area contributed by atoms with Gasteiger partial charge in [0.2, 0.25) is 0 Å². The summed E-state index contributed by atoms with van der Waals surface area (Å²) in [6, 6.07) is 7.68. The molecular weight excluding hydrogens is 296 g/mol. The number of aliphatic imine (C=N–C) groups is 1. The molecule has 0 atom stereocenters. The molecular formula is C13H10N2O5S. The van der Waals surface area contributed by atoms with Crippen molar-refractivity contribution in [2.24, 2.45) is 4.99 Å². The molecule has 0 saturated carbocycles. The fraction of sp³-hybridized carbons (Fsp3) is 0.0769. The van der Waals surface area contributed by atoms with Crippen LogP contribution in [0.25, 0.3) is 0 Å². The van der Waals surface area contributed by atoms with Gasteiger partial charge in [-0.3, -0.25) is 0 Å². The van der Waals surface area contributed by atoms with E-state index in [9.17, 15) is 13.2 Å². The van der Waals surface area contributed by atoms with E-state index in [1.54, 1.807) is 18.2 Å². The van der Waals surface area contributed by atoms with Crippen LogP contribution >= 0.6 is 0 Å². The average Bonchev–Trinajstić information content (AvgIpc) is 2.91. The zero-order chi connectivity index (χ0) is 15.0. The Morgan fingerprint density at radius 1 is 1.33 bits per heavy atom. The number of hydrogen-bond acceptors (Lipinski definition) is 5. The minimum atomic E-state index is -3.72. The molecule has 1 aliphatic rings. The van der Waals surface area contributed by atoms with Gasteiger partial charge in [0, 0.05) is 0 Å². The smallest absolute Gasteiger partial charge is 0.338 e. The SMILES string of the molecule is O=C(O)c1coc(CN2C=Nc3ccccc3S2(=O)=O)c1. The van der Waals surface area contributed by atoms with Crippen molar-refractivity contribution in [3.8, 4) is 0 Å². The number of hydrogen-bond donors (Lipinski definition) is 1. The van der Waals surface area contributed by atoms with Gasteiger partial charge in [-0.05, 0) is 18.2 Å². The van der Waals surface area contributed by atoms with Crippen molar-refractivity contribution >= 4 is 28.0 Å². The molecule has 0 fully saturated rings. The number of rotatable bonds is 3. The predicted molar refractivity (Wildman–Crippen MR) is 73.0 cm³/mol. The van der Waals surface area contributed by atoms with Gasteiger partial charge in [0.05, 0.1) is 17.8 Å². The van der Waals surface area contributed by atoms with Crippen LogP contribution in [0.15, 0.2) is 50.9 Å². The second-order valence-corrected chi connectivity index (χ2v) is 6.23. The first-order valence-corrected chi connectivity index (χ1v) is 7.38. The van der Waals surface area contributed by atoms with Gasteiger partial charge in [-0.25, -0.2) is 22.5 Å². The maximum atomic E-state index is 12.4. The summed E-state index contributed by atoms with van der Waals surface area (Å²) in [5.74, 6) is -0.910. The summed E-state index contributed by atoms with van der Waals surface area (Å²) in [5, 5.41) is 8.82. The largest absolute Gasteiger partial charge is 0.478 e. The number of fused-ring (bicyclic) bond motifs is 1. The Kier molecular flexibility index (Phi) is 3.02. The summed E-state index contributed by atoms with van der Waals surface area (Å²) in [7, 11) is -3.72. The minimum Gasteiger partial charge on any atom is -0.478 e. The summed E-state index contributed by atoms with van der Waals surface area (Å²) in [5.41, 5.74) is 0.344. The van der Waals surface area contributed by atoms with Gasteiger partial charge >= 0.3 is 5.97 Å². The average molecular weight is 306 g/mol. The first-order chi connectivity index (χ1) is 9.98. The van der Waals surface area contributed by atoms with E-state index in [0.29, 0.717) is 5.69 Å². The van der Waals surface area contributed by atoms with Gasteiger partial charge in [0.25, 0.3) is 10.0 Å². The maximum Gasteiger partial charge on any atom is 0.338 e. The lowest BCUT2D eigenvalue weighted by Gasteiger charge is -2.22. The quantitative estimate of drug-likeness (QED) is 0.932. The molecule has 0 unspecified atom stereocenters. The Balaban J connectivity index is 1.92. The molecule has 2 aromatic rings. The summed E-state index contributed by atoms with van der Waals surface area (Å²) >= 11 is 0. The molecule has 0 aliphatic carbocycles. The van der Waals surface area contributed by atoms with Gasteiger partial charge in [0.1, 0.15) is 23.3 Å². The zero-order valence-electron chi connectivity index (χ0n) is 10.6. The van der Waals surface area contributed by atoms with Crippen LogP contribution in [-0.4, -0.2) is 30.1 Å². The van der Waals surface area contributed by atoms with Crippen molar-refractivity contribution in [3.05, 3.63) is 47.9 Å². The van der Waals surface area contributed by atoms with Gasteiger partial charge in [-0.2, -0.15) is 0 Å². The lowest BCUT2D eigenvalue weighted by molar-refractivity contribution is 0.0696. The van der Waals surface area contributed by atoms with Crippen LogP contribution in [0.1, 0.15) is 16.1 Å². The molecule has 21 heavy (non-hydrogen) atoms. The van der Waals surface area contributed by atoms with Crippen molar-refractivity contribution in [2.45, 2.75) is 11.4 Å². The van der Waals surface area contributed by atoms with E-state index >= 15 is 0 Å². The molecule has 2 heterocycles. The first-order valence-electron chi connectivity index (χ1n) is 5.94. The number of furan rings is 1. The lowest BCUT2D eigenvalue weighted by Crippen LogP contribution is -2.31. The van der Waals surface area contributed by atoms with Crippen LogP contribution in [0, 0.1) is 0 Å². The normalized spacial score (nSPS) is 15.7.